The molecule has 10 atom stereocenters. The molecule has 2 heterocycles. The van der Waals surface area contributed by atoms with Crippen molar-refractivity contribution in [3.05, 3.63) is 35.9 Å². The number of rotatable bonds is 24. The maximum Gasteiger partial charge on any atom is 0.303 e. The van der Waals surface area contributed by atoms with Crippen LogP contribution in [-0.4, -0.2) is 157 Å². The van der Waals surface area contributed by atoms with Crippen molar-refractivity contribution in [3.8, 4) is 0 Å². The standard InChI is InChI=1S/C48H78N6O10/c1-12-32(6)42(52(9)41(31(4)5)46(60)49-45(59)40(30(2)3)51(8)24-19-23-39(56)57)37(62-10)28-38(55)53-25-18-22-36(53)43(63-11)33(7)44(58)50-48(47(61)54-26-16-17-27-64-54)29-35(48)34-20-14-13-15-21-34/h13-15,20-21,30-33,35-37,40-43H,12,16-19,22-29H2,1-11H3,(H,50,58)(H,56,57)(H,49,59,60)/t32-,33+,35?,36-,37+,40-,41-,42-,43+,48-/m0/s1. The highest BCUT2D eigenvalue weighted by atomic mass is 16.7. The van der Waals surface area contributed by atoms with Gasteiger partial charge in [-0.25, -0.2) is 5.06 Å². The number of carbonyl (C=O) groups is 6. The first-order valence-electron chi connectivity index (χ1n) is 23.5. The minimum Gasteiger partial charge on any atom is -0.481 e. The molecule has 1 saturated carbocycles. The first-order valence-corrected chi connectivity index (χ1v) is 23.5. The van der Waals surface area contributed by atoms with E-state index in [9.17, 15) is 28.8 Å². The predicted molar refractivity (Wildman–Crippen MR) is 243 cm³/mol. The summed E-state index contributed by atoms with van der Waals surface area (Å²) in [6, 6.07) is 7.51. The molecule has 1 aromatic rings. The molecule has 3 aliphatic rings. The Hall–Kier alpha value is -3.96. The highest BCUT2D eigenvalue weighted by Gasteiger charge is 2.64. The monoisotopic (exact) mass is 899 g/mol. The van der Waals surface area contributed by atoms with Crippen LogP contribution in [0.3, 0.4) is 0 Å². The average Bonchev–Trinajstić information content (AvgIpc) is 3.78. The number of methoxy groups -OCH3 is 2. The Morgan fingerprint density at radius 3 is 2.11 bits per heavy atom. The third-order valence-corrected chi connectivity index (χ3v) is 13.9. The maximum atomic E-state index is 14.5. The van der Waals surface area contributed by atoms with Gasteiger partial charge >= 0.3 is 5.97 Å². The zero-order valence-corrected chi connectivity index (χ0v) is 40.3. The van der Waals surface area contributed by atoms with E-state index >= 15 is 0 Å². The normalized spacial score (nSPS) is 23.4. The predicted octanol–water partition coefficient (Wildman–Crippen LogP) is 4.47. The molecule has 16 heteroatoms. The summed E-state index contributed by atoms with van der Waals surface area (Å²) in [5.41, 5.74) is -0.182. The smallest absolute Gasteiger partial charge is 0.303 e. The number of benzene rings is 1. The van der Waals surface area contributed by atoms with Crippen LogP contribution < -0.4 is 10.6 Å². The lowest BCUT2D eigenvalue weighted by molar-refractivity contribution is -0.200. The lowest BCUT2D eigenvalue weighted by Gasteiger charge is -2.43. The second-order valence-electron chi connectivity index (χ2n) is 19.1. The van der Waals surface area contributed by atoms with Gasteiger partial charge < -0.3 is 24.8 Å². The summed E-state index contributed by atoms with van der Waals surface area (Å²) in [6.45, 7) is 15.3. The number of nitrogens with zero attached hydrogens (tertiary/aromatic N) is 4. The Morgan fingerprint density at radius 1 is 0.891 bits per heavy atom. The number of amides is 5. The number of carboxylic acid groups (broad SMARTS) is 1. The Balaban J connectivity index is 1.50. The van der Waals surface area contributed by atoms with Crippen molar-refractivity contribution < 1.29 is 48.2 Å². The number of hydrogen-bond acceptors (Lipinski definition) is 11. The molecular weight excluding hydrogens is 821 g/mol. The van der Waals surface area contributed by atoms with Crippen LogP contribution in [0, 0.1) is 23.7 Å². The number of imide groups is 1. The van der Waals surface area contributed by atoms with Gasteiger partial charge in [0.2, 0.25) is 23.6 Å². The van der Waals surface area contributed by atoms with Crippen LogP contribution in [0.15, 0.2) is 30.3 Å². The van der Waals surface area contributed by atoms with Gasteiger partial charge in [0, 0.05) is 45.7 Å². The van der Waals surface area contributed by atoms with E-state index in [1.165, 1.54) is 5.06 Å². The molecule has 2 aliphatic heterocycles. The number of ether oxygens (including phenoxy) is 2. The van der Waals surface area contributed by atoms with Crippen molar-refractivity contribution in [1.82, 2.24) is 30.4 Å². The van der Waals surface area contributed by atoms with E-state index in [0.717, 1.165) is 31.2 Å². The summed E-state index contributed by atoms with van der Waals surface area (Å²) in [7, 11) is 6.73. The minimum absolute atomic E-state index is 0.0114. The van der Waals surface area contributed by atoms with Crippen molar-refractivity contribution >= 4 is 35.5 Å². The minimum atomic E-state index is -1.15. The fourth-order valence-corrected chi connectivity index (χ4v) is 10.3. The molecule has 0 radical (unpaired) electrons. The van der Waals surface area contributed by atoms with Gasteiger partial charge in [0.25, 0.3) is 5.91 Å². The van der Waals surface area contributed by atoms with Gasteiger partial charge in [-0.1, -0.05) is 85.2 Å². The second-order valence-corrected chi connectivity index (χ2v) is 19.1. The number of likely N-dealkylation sites (tertiary alicyclic amines) is 1. The first kappa shape index (κ1) is 52.7. The quantitative estimate of drug-likeness (QED) is 0.133. The van der Waals surface area contributed by atoms with Gasteiger partial charge in [-0.15, -0.1) is 0 Å². The maximum absolute atomic E-state index is 14.5. The van der Waals surface area contributed by atoms with Gasteiger partial charge in [-0.3, -0.25) is 48.7 Å². The molecule has 2 saturated heterocycles. The molecule has 64 heavy (non-hydrogen) atoms. The number of carboxylic acids is 1. The van der Waals surface area contributed by atoms with Crippen molar-refractivity contribution in [2.24, 2.45) is 23.7 Å². The van der Waals surface area contributed by atoms with Crippen molar-refractivity contribution in [2.75, 3.05) is 54.6 Å². The Bertz CT molecular complexity index is 1730. The first-order chi connectivity index (χ1) is 30.3. The van der Waals surface area contributed by atoms with Crippen LogP contribution in [0.2, 0.25) is 0 Å². The van der Waals surface area contributed by atoms with Gasteiger partial charge in [0.1, 0.15) is 5.54 Å². The van der Waals surface area contributed by atoms with Crippen molar-refractivity contribution in [3.63, 3.8) is 0 Å². The van der Waals surface area contributed by atoms with E-state index in [4.69, 9.17) is 19.4 Å². The number of hydrogen-bond donors (Lipinski definition) is 3. The largest absolute Gasteiger partial charge is 0.481 e. The summed E-state index contributed by atoms with van der Waals surface area (Å²) in [6.07, 6.45) is 3.29. The van der Waals surface area contributed by atoms with E-state index in [-0.39, 0.29) is 54.2 Å². The molecule has 5 amide bonds. The Kier molecular flexibility index (Phi) is 19.7. The molecule has 0 bridgehead atoms. The molecular formula is C48H78N6O10. The summed E-state index contributed by atoms with van der Waals surface area (Å²) < 4.78 is 12.2. The molecule has 16 nitrogen and oxygen atoms in total. The summed E-state index contributed by atoms with van der Waals surface area (Å²) in [4.78, 5) is 93.2. The van der Waals surface area contributed by atoms with Gasteiger partial charge in [-0.05, 0) is 82.5 Å². The average molecular weight is 899 g/mol. The van der Waals surface area contributed by atoms with Gasteiger partial charge in [0.15, 0.2) is 0 Å². The molecule has 360 valence electrons. The van der Waals surface area contributed by atoms with Crippen LogP contribution >= 0.6 is 0 Å². The fraction of sp³-hybridized carbons (Fsp3) is 0.750. The third-order valence-electron chi connectivity index (χ3n) is 13.9. The van der Waals surface area contributed by atoms with Gasteiger partial charge in [-0.2, -0.15) is 0 Å². The molecule has 3 N–H and O–H groups in total. The number of nitrogens with one attached hydrogen (secondary N) is 2. The molecule has 1 aliphatic carbocycles. The fourth-order valence-electron chi connectivity index (χ4n) is 10.3. The van der Waals surface area contributed by atoms with Crippen LogP contribution in [0.1, 0.15) is 118 Å². The zero-order valence-electron chi connectivity index (χ0n) is 40.3. The van der Waals surface area contributed by atoms with E-state index in [2.05, 4.69) is 24.5 Å². The van der Waals surface area contributed by atoms with Gasteiger partial charge in [0.05, 0.1) is 49.3 Å². The molecule has 4 rings (SSSR count). The highest BCUT2D eigenvalue weighted by molar-refractivity contribution is 6.00. The Labute approximate surface area is 381 Å². The van der Waals surface area contributed by atoms with Crippen molar-refractivity contribution in [1.29, 1.82) is 0 Å². The van der Waals surface area contributed by atoms with E-state index in [1.807, 2.05) is 70.0 Å². The van der Waals surface area contributed by atoms with Crippen LogP contribution in [-0.2, 0) is 43.1 Å². The lowest BCUT2D eigenvalue weighted by Crippen LogP contribution is -2.60. The number of aliphatic carboxylic acids is 1. The number of likely N-dealkylation sites (N-methyl/N-ethyl adjacent to an activating group) is 2. The molecule has 1 aromatic carbocycles. The molecule has 3 fully saturated rings. The highest BCUT2D eigenvalue weighted by Crippen LogP contribution is 2.53. The van der Waals surface area contributed by atoms with Crippen LogP contribution in [0.4, 0.5) is 0 Å². The van der Waals surface area contributed by atoms with Crippen LogP contribution in [0.5, 0.6) is 0 Å². The van der Waals surface area contributed by atoms with E-state index < -0.39 is 65.6 Å². The summed E-state index contributed by atoms with van der Waals surface area (Å²) in [5.74, 6) is -3.85. The second kappa shape index (κ2) is 24.0. The molecule has 0 aromatic heterocycles. The number of hydroxylamine groups is 2. The lowest BCUT2D eigenvalue weighted by atomic mass is 9.87. The third kappa shape index (κ3) is 12.7. The molecule has 1 unspecified atom stereocenters. The van der Waals surface area contributed by atoms with Crippen molar-refractivity contribution in [2.45, 2.75) is 154 Å². The zero-order chi connectivity index (χ0) is 47.5. The summed E-state index contributed by atoms with van der Waals surface area (Å²) in [5, 5.41) is 16.4. The van der Waals surface area contributed by atoms with E-state index in [0.29, 0.717) is 45.5 Å². The number of carbonyl (C=O) groups excluding carboxylic acids is 5. The van der Waals surface area contributed by atoms with Crippen LogP contribution in [0.25, 0.3) is 0 Å². The summed E-state index contributed by atoms with van der Waals surface area (Å²) >= 11 is 0. The van der Waals surface area contributed by atoms with E-state index in [1.54, 1.807) is 38.0 Å². The SMILES string of the molecule is CC[C@H](C)[C@@H]([C@@H](CC(=O)N1CCC[C@H]1[C@H](OC)[C@@H](C)C(=O)N[C@@]1(C(=O)N2CCCCO2)CC1c1ccccc1)OC)N(C)[C@H](C(=O)NC(=O)[C@H](C(C)C)N(C)CCCC(=O)O)C(C)C. The molecule has 0 spiro atoms. The Morgan fingerprint density at radius 2 is 1.55 bits per heavy atom. The topological polar surface area (TPSA) is 187 Å².